The monoisotopic (exact) mass is 360 g/mol. The van der Waals surface area contributed by atoms with Gasteiger partial charge in [0.1, 0.15) is 22.9 Å². The molecule has 0 unspecified atom stereocenters. The summed E-state index contributed by atoms with van der Waals surface area (Å²) >= 11 is 3.43. The number of ether oxygens (including phenoxy) is 2. The van der Waals surface area contributed by atoms with Crippen molar-refractivity contribution in [3.8, 4) is 34.3 Å². The molecule has 1 aromatic heterocycles. The summed E-state index contributed by atoms with van der Waals surface area (Å²) in [5, 5.41) is 17.0. The van der Waals surface area contributed by atoms with Crippen LogP contribution in [0.5, 0.6) is 23.0 Å². The third-order valence-corrected chi connectivity index (χ3v) is 3.79. The minimum Gasteiger partial charge on any atom is -0.507 e. The number of aromatic nitrogens is 2. The lowest BCUT2D eigenvalue weighted by atomic mass is 10.1. The van der Waals surface area contributed by atoms with E-state index in [0.29, 0.717) is 28.5 Å². The zero-order valence-electron chi connectivity index (χ0n) is 11.7. The first kappa shape index (κ1) is 14.5. The van der Waals surface area contributed by atoms with Gasteiger partial charge in [0.2, 0.25) is 0 Å². The summed E-state index contributed by atoms with van der Waals surface area (Å²) in [6.07, 6.45) is 1.57. The molecule has 0 amide bonds. The minimum absolute atomic E-state index is 0.0839. The Kier molecular flexibility index (Phi) is 4.02. The molecule has 1 heterocycles. The second-order valence-corrected chi connectivity index (χ2v) is 5.38. The topological polar surface area (TPSA) is 67.4 Å². The predicted octanol–water partition coefficient (Wildman–Crippen LogP) is 4.35. The van der Waals surface area contributed by atoms with Crippen LogP contribution >= 0.6 is 15.9 Å². The number of nitrogens with one attached hydrogen (secondary N) is 1. The summed E-state index contributed by atoms with van der Waals surface area (Å²) in [7, 11) is 1.55. The molecule has 0 bridgehead atoms. The van der Waals surface area contributed by atoms with Crippen LogP contribution in [-0.4, -0.2) is 22.4 Å². The van der Waals surface area contributed by atoms with Crippen molar-refractivity contribution in [3.63, 3.8) is 0 Å². The molecule has 0 fully saturated rings. The van der Waals surface area contributed by atoms with Gasteiger partial charge in [-0.25, -0.2) is 0 Å². The van der Waals surface area contributed by atoms with Crippen molar-refractivity contribution in [1.29, 1.82) is 0 Å². The zero-order chi connectivity index (χ0) is 15.5. The van der Waals surface area contributed by atoms with Crippen LogP contribution in [-0.2, 0) is 0 Å². The lowest BCUT2D eigenvalue weighted by Crippen LogP contribution is -1.89. The second kappa shape index (κ2) is 6.11. The fourth-order valence-corrected chi connectivity index (χ4v) is 2.41. The van der Waals surface area contributed by atoms with Crippen molar-refractivity contribution in [1.82, 2.24) is 10.2 Å². The number of phenolic OH excluding ortho intramolecular Hbond substituents is 1. The highest BCUT2D eigenvalue weighted by molar-refractivity contribution is 9.10. The molecule has 0 atom stereocenters. The maximum atomic E-state index is 10.1. The lowest BCUT2D eigenvalue weighted by molar-refractivity contribution is 0.408. The molecule has 0 radical (unpaired) electrons. The molecular weight excluding hydrogens is 348 g/mol. The minimum atomic E-state index is 0.0839. The van der Waals surface area contributed by atoms with Gasteiger partial charge in [0.15, 0.2) is 5.75 Å². The third-order valence-electron chi connectivity index (χ3n) is 3.14. The average molecular weight is 361 g/mol. The van der Waals surface area contributed by atoms with E-state index in [-0.39, 0.29) is 5.75 Å². The Balaban J connectivity index is 1.97. The maximum Gasteiger partial charge on any atom is 0.173 e. The number of benzene rings is 2. The number of aromatic hydroxyl groups is 1. The van der Waals surface area contributed by atoms with Crippen LogP contribution in [0.4, 0.5) is 0 Å². The molecule has 2 N–H and O–H groups in total. The van der Waals surface area contributed by atoms with E-state index >= 15 is 0 Å². The van der Waals surface area contributed by atoms with Gasteiger partial charge in [-0.2, -0.15) is 5.10 Å². The van der Waals surface area contributed by atoms with Gasteiger partial charge in [-0.3, -0.25) is 5.10 Å². The first-order valence-electron chi connectivity index (χ1n) is 6.52. The fraction of sp³-hybridized carbons (Fsp3) is 0.0625. The fourth-order valence-electron chi connectivity index (χ4n) is 2.04. The number of methoxy groups -OCH3 is 1. The van der Waals surface area contributed by atoms with Crippen LogP contribution in [0.15, 0.2) is 53.1 Å². The smallest absolute Gasteiger partial charge is 0.173 e. The molecule has 3 aromatic rings. The number of halogens is 1. The number of aromatic amines is 1. The predicted molar refractivity (Wildman–Crippen MR) is 86.5 cm³/mol. The van der Waals surface area contributed by atoms with E-state index in [1.165, 1.54) is 0 Å². The summed E-state index contributed by atoms with van der Waals surface area (Å²) in [5.74, 6) is 1.85. The van der Waals surface area contributed by atoms with Gasteiger partial charge in [-0.05, 0) is 40.2 Å². The van der Waals surface area contributed by atoms with Crippen LogP contribution in [0.1, 0.15) is 0 Å². The van der Waals surface area contributed by atoms with Gasteiger partial charge >= 0.3 is 0 Å². The highest BCUT2D eigenvalue weighted by atomic mass is 79.9. The van der Waals surface area contributed by atoms with Crippen molar-refractivity contribution in [2.75, 3.05) is 7.11 Å². The van der Waals surface area contributed by atoms with Crippen LogP contribution < -0.4 is 9.47 Å². The van der Waals surface area contributed by atoms with Crippen LogP contribution in [0, 0.1) is 0 Å². The maximum absolute atomic E-state index is 10.1. The van der Waals surface area contributed by atoms with E-state index in [2.05, 4.69) is 26.1 Å². The van der Waals surface area contributed by atoms with E-state index in [0.717, 1.165) is 4.47 Å². The Bertz CT molecular complexity index is 802. The molecule has 22 heavy (non-hydrogen) atoms. The molecule has 2 aromatic carbocycles. The SMILES string of the molecule is COc1ccc(-c2[nH]ncc2Oc2ccccc2Br)c(O)c1. The molecule has 6 heteroatoms. The Hall–Kier alpha value is -2.47. The molecule has 3 rings (SSSR count). The van der Waals surface area contributed by atoms with Crippen LogP contribution in [0.2, 0.25) is 0 Å². The number of hydrogen-bond donors (Lipinski definition) is 2. The normalized spacial score (nSPS) is 10.5. The van der Waals surface area contributed by atoms with E-state index < -0.39 is 0 Å². The molecule has 0 aliphatic heterocycles. The van der Waals surface area contributed by atoms with Crippen molar-refractivity contribution in [2.24, 2.45) is 0 Å². The molecule has 112 valence electrons. The first-order valence-corrected chi connectivity index (χ1v) is 7.31. The lowest BCUT2D eigenvalue weighted by Gasteiger charge is -2.09. The second-order valence-electron chi connectivity index (χ2n) is 4.52. The van der Waals surface area contributed by atoms with Gasteiger partial charge in [-0.15, -0.1) is 0 Å². The summed E-state index contributed by atoms with van der Waals surface area (Å²) in [6, 6.07) is 12.6. The Morgan fingerprint density at radius 1 is 1.14 bits per heavy atom. The van der Waals surface area contributed by atoms with Gasteiger partial charge in [0, 0.05) is 11.6 Å². The number of H-pyrrole nitrogens is 1. The molecule has 0 saturated heterocycles. The van der Waals surface area contributed by atoms with Crippen molar-refractivity contribution in [3.05, 3.63) is 53.1 Å². The van der Waals surface area contributed by atoms with E-state index in [9.17, 15) is 5.11 Å². The molecule has 0 aliphatic carbocycles. The quantitative estimate of drug-likeness (QED) is 0.725. The van der Waals surface area contributed by atoms with E-state index in [4.69, 9.17) is 9.47 Å². The Morgan fingerprint density at radius 2 is 1.95 bits per heavy atom. The summed E-state index contributed by atoms with van der Waals surface area (Å²) in [5.41, 5.74) is 1.18. The zero-order valence-corrected chi connectivity index (χ0v) is 13.3. The van der Waals surface area contributed by atoms with Crippen molar-refractivity contribution < 1.29 is 14.6 Å². The Labute approximate surface area is 135 Å². The van der Waals surface area contributed by atoms with Crippen LogP contribution in [0.25, 0.3) is 11.3 Å². The molecule has 5 nitrogen and oxygen atoms in total. The number of nitrogens with zero attached hydrogens (tertiary/aromatic N) is 1. The molecule has 0 saturated carbocycles. The number of hydrogen-bond acceptors (Lipinski definition) is 4. The van der Waals surface area contributed by atoms with Crippen molar-refractivity contribution >= 4 is 15.9 Å². The van der Waals surface area contributed by atoms with E-state index in [1.807, 2.05) is 24.3 Å². The molecular formula is C16H13BrN2O3. The number of rotatable bonds is 4. The highest BCUT2D eigenvalue weighted by Crippen LogP contribution is 2.39. The molecule has 0 aliphatic rings. The summed E-state index contributed by atoms with van der Waals surface area (Å²) in [4.78, 5) is 0. The Morgan fingerprint density at radius 3 is 2.68 bits per heavy atom. The number of phenols is 1. The van der Waals surface area contributed by atoms with Crippen molar-refractivity contribution in [2.45, 2.75) is 0 Å². The first-order chi connectivity index (χ1) is 10.7. The summed E-state index contributed by atoms with van der Waals surface area (Å²) in [6.45, 7) is 0. The largest absolute Gasteiger partial charge is 0.507 e. The third kappa shape index (κ3) is 2.78. The highest BCUT2D eigenvalue weighted by Gasteiger charge is 2.15. The summed E-state index contributed by atoms with van der Waals surface area (Å²) < 4.78 is 11.8. The van der Waals surface area contributed by atoms with Gasteiger partial charge < -0.3 is 14.6 Å². The van der Waals surface area contributed by atoms with Gasteiger partial charge in [0.25, 0.3) is 0 Å². The van der Waals surface area contributed by atoms with Gasteiger partial charge in [0.05, 0.1) is 17.8 Å². The van der Waals surface area contributed by atoms with Gasteiger partial charge in [-0.1, -0.05) is 12.1 Å². The standard InChI is InChI=1S/C16H13BrN2O3/c1-21-10-6-7-11(13(20)8-10)16-15(9-18-19-16)22-14-5-3-2-4-12(14)17/h2-9,20H,1H3,(H,18,19). The number of para-hydroxylation sites is 1. The van der Waals surface area contributed by atoms with Crippen LogP contribution in [0.3, 0.4) is 0 Å². The van der Waals surface area contributed by atoms with E-state index in [1.54, 1.807) is 31.5 Å². The average Bonchev–Trinajstić information content (AvgIpc) is 2.97. The molecule has 0 spiro atoms.